The predicted molar refractivity (Wildman–Crippen MR) is 128 cm³/mol. The Bertz CT molecular complexity index is 1210. The lowest BCUT2D eigenvalue weighted by Gasteiger charge is -2.43. The summed E-state index contributed by atoms with van der Waals surface area (Å²) in [6.45, 7) is 5.82. The quantitative estimate of drug-likeness (QED) is 0.573. The Morgan fingerprint density at radius 2 is 1.55 bits per heavy atom. The number of methoxy groups -OCH3 is 1. The zero-order valence-electron chi connectivity index (χ0n) is 19.0. The summed E-state index contributed by atoms with van der Waals surface area (Å²) in [7, 11) is 1.70. The second kappa shape index (κ2) is 7.94. The summed E-state index contributed by atoms with van der Waals surface area (Å²) in [5, 5.41) is 0. The summed E-state index contributed by atoms with van der Waals surface area (Å²) in [5.74, 6) is 2.47. The Balaban J connectivity index is 1.66. The minimum Gasteiger partial charge on any atom is -0.497 e. The van der Waals surface area contributed by atoms with E-state index >= 15 is 0 Å². The molecular weight excluding hydrogens is 414 g/mol. The van der Waals surface area contributed by atoms with Crippen LogP contribution in [-0.4, -0.2) is 45.1 Å². The van der Waals surface area contributed by atoms with Gasteiger partial charge in [-0.3, -0.25) is 4.90 Å². The maximum absolute atomic E-state index is 5.82. The van der Waals surface area contributed by atoms with E-state index in [0.29, 0.717) is 0 Å². The van der Waals surface area contributed by atoms with Gasteiger partial charge in [0.25, 0.3) is 0 Å². The van der Waals surface area contributed by atoms with Crippen molar-refractivity contribution in [2.45, 2.75) is 12.5 Å². The summed E-state index contributed by atoms with van der Waals surface area (Å²) >= 11 is 0. The molecule has 0 N–H and O–H groups in total. The van der Waals surface area contributed by atoms with Gasteiger partial charge in [-0.15, -0.1) is 0 Å². The molecule has 6 rings (SSSR count). The highest BCUT2D eigenvalue weighted by Crippen LogP contribution is 2.57. The topological polar surface area (TPSA) is 40.2 Å². The van der Waals surface area contributed by atoms with E-state index in [1.807, 2.05) is 12.1 Å². The van der Waals surface area contributed by atoms with Crippen molar-refractivity contribution >= 4 is 11.1 Å². The lowest BCUT2D eigenvalue weighted by Crippen LogP contribution is -2.49. The molecule has 0 spiro atoms. The largest absolute Gasteiger partial charge is 0.497 e. The maximum atomic E-state index is 5.82. The predicted octanol–water partition coefficient (Wildman–Crippen LogP) is 4.94. The van der Waals surface area contributed by atoms with Gasteiger partial charge in [0, 0.05) is 13.1 Å². The Morgan fingerprint density at radius 1 is 0.848 bits per heavy atom. The van der Waals surface area contributed by atoms with Crippen LogP contribution in [0.2, 0.25) is 0 Å². The zero-order valence-corrected chi connectivity index (χ0v) is 19.0. The zero-order chi connectivity index (χ0) is 22.4. The summed E-state index contributed by atoms with van der Waals surface area (Å²) in [6, 6.07) is 23.4. The Hall–Kier alpha value is -3.28. The van der Waals surface area contributed by atoms with E-state index in [4.69, 9.17) is 18.9 Å². The fourth-order valence-electron chi connectivity index (χ4n) is 5.49. The summed E-state index contributed by atoms with van der Waals surface area (Å²) in [5.41, 5.74) is 7.01. The fourth-order valence-corrected chi connectivity index (χ4v) is 5.49. The van der Waals surface area contributed by atoms with Crippen LogP contribution in [-0.2, 0) is 10.3 Å². The van der Waals surface area contributed by atoms with Gasteiger partial charge in [0.05, 0.1) is 25.9 Å². The molecule has 2 aliphatic heterocycles. The third-order valence-electron chi connectivity index (χ3n) is 7.13. The first-order valence-electron chi connectivity index (χ1n) is 11.4. The van der Waals surface area contributed by atoms with Crippen LogP contribution in [0, 0.1) is 0 Å². The van der Waals surface area contributed by atoms with E-state index in [1.165, 1.54) is 27.8 Å². The molecule has 0 radical (unpaired) electrons. The summed E-state index contributed by atoms with van der Waals surface area (Å²) < 4.78 is 22.8. The maximum Gasteiger partial charge on any atom is 0.231 e. The van der Waals surface area contributed by atoms with Crippen LogP contribution in [0.5, 0.6) is 17.2 Å². The van der Waals surface area contributed by atoms with Gasteiger partial charge in [-0.2, -0.15) is 0 Å². The van der Waals surface area contributed by atoms with Crippen molar-refractivity contribution in [2.24, 2.45) is 0 Å². The Kier molecular flexibility index (Phi) is 4.89. The van der Waals surface area contributed by atoms with E-state index in [0.717, 1.165) is 49.1 Å². The van der Waals surface area contributed by atoms with Gasteiger partial charge >= 0.3 is 0 Å². The van der Waals surface area contributed by atoms with Crippen molar-refractivity contribution < 1.29 is 18.9 Å². The van der Waals surface area contributed by atoms with Gasteiger partial charge < -0.3 is 18.9 Å². The first kappa shape index (κ1) is 20.3. The second-order valence-corrected chi connectivity index (χ2v) is 8.77. The SMILES string of the molecule is COc1ccc(C2=C(c3ccccc3)C(C)(N3CCOCC3)c3cc4c(cc32)OCO4)cc1. The minimum absolute atomic E-state index is 0.264. The number of hydrogen-bond donors (Lipinski definition) is 0. The first-order chi connectivity index (χ1) is 16.2. The van der Waals surface area contributed by atoms with Crippen molar-refractivity contribution in [1.29, 1.82) is 0 Å². The van der Waals surface area contributed by atoms with Gasteiger partial charge in [-0.05, 0) is 64.6 Å². The molecule has 0 amide bonds. The monoisotopic (exact) mass is 441 g/mol. The molecule has 3 aromatic rings. The highest BCUT2D eigenvalue weighted by atomic mass is 16.7. The Morgan fingerprint density at radius 3 is 2.24 bits per heavy atom. The first-order valence-corrected chi connectivity index (χ1v) is 11.4. The number of rotatable bonds is 4. The van der Waals surface area contributed by atoms with Gasteiger partial charge in [0.15, 0.2) is 11.5 Å². The molecule has 1 saturated heterocycles. The smallest absolute Gasteiger partial charge is 0.231 e. The van der Waals surface area contributed by atoms with Crippen molar-refractivity contribution in [3.8, 4) is 17.2 Å². The average molecular weight is 442 g/mol. The molecular formula is C28H27NO4. The minimum atomic E-state index is -0.337. The van der Waals surface area contributed by atoms with E-state index in [-0.39, 0.29) is 12.3 Å². The molecule has 33 heavy (non-hydrogen) atoms. The van der Waals surface area contributed by atoms with Crippen LogP contribution in [0.15, 0.2) is 66.7 Å². The normalized spacial score (nSPS) is 21.9. The molecule has 1 fully saturated rings. The molecule has 0 bridgehead atoms. The van der Waals surface area contributed by atoms with E-state index in [1.54, 1.807) is 7.11 Å². The van der Waals surface area contributed by atoms with Crippen LogP contribution < -0.4 is 14.2 Å². The Labute approximate surface area is 194 Å². The molecule has 3 aliphatic rings. The summed E-state index contributed by atoms with van der Waals surface area (Å²) in [4.78, 5) is 2.55. The van der Waals surface area contributed by atoms with Crippen LogP contribution in [0.1, 0.15) is 29.2 Å². The number of nitrogens with zero attached hydrogens (tertiary/aromatic N) is 1. The van der Waals surface area contributed by atoms with Crippen LogP contribution in [0.25, 0.3) is 11.1 Å². The highest BCUT2D eigenvalue weighted by molar-refractivity contribution is 6.07. The summed E-state index contributed by atoms with van der Waals surface area (Å²) in [6.07, 6.45) is 0. The van der Waals surface area contributed by atoms with E-state index < -0.39 is 0 Å². The standard InChI is InChI=1S/C28H27NO4/c1-28(29-12-14-31-15-13-29)23-17-25-24(32-18-33-25)16-22(23)26(19-8-10-21(30-2)11-9-19)27(28)20-6-4-3-5-7-20/h3-11,16-17H,12-15,18H2,1-2H3. The van der Waals surface area contributed by atoms with Crippen molar-refractivity contribution in [2.75, 3.05) is 40.2 Å². The number of hydrogen-bond acceptors (Lipinski definition) is 5. The molecule has 168 valence electrons. The average Bonchev–Trinajstić information content (AvgIpc) is 3.44. The molecule has 5 nitrogen and oxygen atoms in total. The third-order valence-corrected chi connectivity index (χ3v) is 7.13. The van der Waals surface area contributed by atoms with Gasteiger partial charge in [-0.25, -0.2) is 0 Å². The van der Waals surface area contributed by atoms with Crippen molar-refractivity contribution in [3.05, 3.63) is 89.0 Å². The number of morpholine rings is 1. The van der Waals surface area contributed by atoms with Crippen molar-refractivity contribution in [3.63, 3.8) is 0 Å². The van der Waals surface area contributed by atoms with Gasteiger partial charge in [-0.1, -0.05) is 42.5 Å². The lowest BCUT2D eigenvalue weighted by molar-refractivity contribution is 0.00191. The molecule has 1 aliphatic carbocycles. The molecule has 1 atom stereocenters. The number of benzene rings is 3. The van der Waals surface area contributed by atoms with E-state index in [2.05, 4.69) is 66.4 Å². The number of fused-ring (bicyclic) bond motifs is 2. The molecule has 2 heterocycles. The fraction of sp³-hybridized carbons (Fsp3) is 0.286. The third kappa shape index (κ3) is 3.15. The van der Waals surface area contributed by atoms with Crippen LogP contribution in [0.4, 0.5) is 0 Å². The molecule has 5 heteroatoms. The van der Waals surface area contributed by atoms with Gasteiger partial charge in [0.2, 0.25) is 6.79 Å². The van der Waals surface area contributed by atoms with Crippen molar-refractivity contribution in [1.82, 2.24) is 4.90 Å². The molecule has 1 unspecified atom stereocenters. The van der Waals surface area contributed by atoms with Crippen LogP contribution >= 0.6 is 0 Å². The van der Waals surface area contributed by atoms with Gasteiger partial charge in [0.1, 0.15) is 5.75 Å². The lowest BCUT2D eigenvalue weighted by atomic mass is 9.82. The highest BCUT2D eigenvalue weighted by Gasteiger charge is 2.47. The molecule has 0 aromatic heterocycles. The molecule has 0 saturated carbocycles. The van der Waals surface area contributed by atoms with Crippen LogP contribution in [0.3, 0.4) is 0 Å². The number of ether oxygens (including phenoxy) is 4. The molecule has 3 aromatic carbocycles. The van der Waals surface area contributed by atoms with E-state index in [9.17, 15) is 0 Å². The second-order valence-electron chi connectivity index (χ2n) is 8.77.